The van der Waals surface area contributed by atoms with Gasteiger partial charge in [0.15, 0.2) is 5.78 Å². The van der Waals surface area contributed by atoms with Crippen LogP contribution >= 0.6 is 0 Å². The molecule has 6 atom stereocenters. The number of aromatic amines is 1. The van der Waals surface area contributed by atoms with Gasteiger partial charge in [-0.1, -0.05) is 49.8 Å². The number of benzene rings is 1. The van der Waals surface area contributed by atoms with Crippen LogP contribution < -0.4 is 11.1 Å². The van der Waals surface area contributed by atoms with Gasteiger partial charge in [-0.2, -0.15) is 0 Å². The van der Waals surface area contributed by atoms with Gasteiger partial charge in [0, 0.05) is 36.0 Å². The smallest absolute Gasteiger partial charge is 0.236 e. The molecule has 1 saturated heterocycles. The lowest BCUT2D eigenvalue weighted by Gasteiger charge is -2.25. The molecule has 0 radical (unpaired) electrons. The molecular weight excluding hydrogens is 590 g/mol. The Morgan fingerprint density at radius 3 is 2.81 bits per heavy atom. The maximum absolute atomic E-state index is 13.0. The van der Waals surface area contributed by atoms with Gasteiger partial charge in [-0.25, -0.2) is 4.99 Å². The molecule has 9 heteroatoms. The summed E-state index contributed by atoms with van der Waals surface area (Å²) in [6.07, 6.45) is 17.4. The van der Waals surface area contributed by atoms with Crippen LogP contribution in [0.25, 0.3) is 10.9 Å². The zero-order chi connectivity index (χ0) is 33.1. The molecule has 47 heavy (non-hydrogen) atoms. The van der Waals surface area contributed by atoms with Crippen molar-refractivity contribution >= 4 is 34.4 Å². The minimum atomic E-state index is -0.320. The first-order chi connectivity index (χ1) is 22.7. The molecule has 248 valence electrons. The number of fused-ring (bicyclic) bond motifs is 2. The highest BCUT2D eigenvalue weighted by atomic mass is 16.5. The molecule has 2 aliphatic heterocycles. The van der Waals surface area contributed by atoms with E-state index in [1.165, 1.54) is 5.56 Å². The molecule has 4 N–H and O–H groups in total. The van der Waals surface area contributed by atoms with E-state index in [1.54, 1.807) is 4.90 Å². The molecule has 0 bridgehead atoms. The van der Waals surface area contributed by atoms with E-state index in [4.69, 9.17) is 15.5 Å². The van der Waals surface area contributed by atoms with Gasteiger partial charge in [0.05, 0.1) is 18.5 Å². The Labute approximate surface area is 277 Å². The average molecular weight is 638 g/mol. The molecule has 9 nitrogen and oxygen atoms in total. The van der Waals surface area contributed by atoms with Crippen LogP contribution in [0.4, 0.5) is 0 Å². The zero-order valence-electron chi connectivity index (χ0n) is 27.7. The Balaban J connectivity index is 1.09. The van der Waals surface area contributed by atoms with Crippen LogP contribution in [0.3, 0.4) is 0 Å². The van der Waals surface area contributed by atoms with Crippen molar-refractivity contribution in [1.82, 2.24) is 15.2 Å². The van der Waals surface area contributed by atoms with E-state index < -0.39 is 0 Å². The molecule has 1 aromatic carbocycles. The summed E-state index contributed by atoms with van der Waals surface area (Å²) in [6.45, 7) is 6.94. The first-order valence-electron chi connectivity index (χ1n) is 17.2. The second-order valence-electron chi connectivity index (χ2n) is 13.5. The number of nitrogens with one attached hydrogen (secondary N) is 2. The Morgan fingerprint density at radius 2 is 2.02 bits per heavy atom. The van der Waals surface area contributed by atoms with E-state index in [0.717, 1.165) is 60.0 Å². The number of allylic oxidation sites excluding steroid dienone is 4. The van der Waals surface area contributed by atoms with Gasteiger partial charge in [-0.05, 0) is 86.8 Å². The van der Waals surface area contributed by atoms with Gasteiger partial charge in [0.1, 0.15) is 17.8 Å². The van der Waals surface area contributed by atoms with Crippen LogP contribution in [0.5, 0.6) is 0 Å². The number of Topliss-reactive ketones (excluding diaryl/α,β-unsaturated/α-hetero) is 1. The summed E-state index contributed by atoms with van der Waals surface area (Å²) >= 11 is 0. The number of carbonyl (C=O) groups is 3. The van der Waals surface area contributed by atoms with Crippen molar-refractivity contribution in [3.05, 3.63) is 83.2 Å². The minimum Gasteiger partial charge on any atom is -0.466 e. The van der Waals surface area contributed by atoms with Crippen LogP contribution in [0.15, 0.2) is 77.0 Å². The first-order valence-corrected chi connectivity index (χ1v) is 17.2. The van der Waals surface area contributed by atoms with Gasteiger partial charge < -0.3 is 25.7 Å². The van der Waals surface area contributed by atoms with Crippen molar-refractivity contribution in [2.75, 3.05) is 13.1 Å². The number of carbonyl (C=O) groups excluding carboxylic acids is 3. The maximum Gasteiger partial charge on any atom is 0.236 e. The van der Waals surface area contributed by atoms with E-state index in [9.17, 15) is 14.4 Å². The number of ether oxygens (including phenoxy) is 1. The normalized spacial score (nSPS) is 24.0. The summed E-state index contributed by atoms with van der Waals surface area (Å²) in [5.74, 6) is 0.940. The molecular formula is C38H47N5O4. The summed E-state index contributed by atoms with van der Waals surface area (Å²) in [6, 6.07) is 7.98. The van der Waals surface area contributed by atoms with E-state index in [-0.39, 0.29) is 60.1 Å². The fraction of sp³-hybridized carbons (Fsp3) is 0.474. The van der Waals surface area contributed by atoms with Crippen molar-refractivity contribution < 1.29 is 19.1 Å². The second kappa shape index (κ2) is 14.3. The standard InChI is InChI=1S/C38H47N5O4/c1-23(14-17-34(44)33-12-8-18-43(33)36(45)22-39)24(2)27-15-16-30-28(19-27)20-32(41-30)38-42-31-21-29(11-7-13-35(31)47-38)40-37(46)25(3)26-9-5-4-6-10-26/h4-5,7,9,13,15-16,19-21,23-25,31,33,35,41H,6,8,10-12,14,17-18,22,39H2,1-3H3,(H,40,46). The third kappa shape index (κ3) is 7.20. The van der Waals surface area contributed by atoms with Gasteiger partial charge in [-0.15, -0.1) is 0 Å². The van der Waals surface area contributed by atoms with Crippen LogP contribution in [-0.4, -0.2) is 64.7 Å². The predicted molar refractivity (Wildman–Crippen MR) is 185 cm³/mol. The number of aliphatic imine (C=N–C) groups is 1. The van der Waals surface area contributed by atoms with Gasteiger partial charge in [-0.3, -0.25) is 14.4 Å². The van der Waals surface area contributed by atoms with Crippen LogP contribution in [0.2, 0.25) is 0 Å². The van der Waals surface area contributed by atoms with Crippen molar-refractivity contribution in [1.29, 1.82) is 0 Å². The number of hydrogen-bond donors (Lipinski definition) is 3. The lowest BCUT2D eigenvalue weighted by molar-refractivity contribution is -0.136. The highest BCUT2D eigenvalue weighted by molar-refractivity contribution is 5.99. The number of nitrogens with two attached hydrogens (primary N) is 1. The molecule has 0 saturated carbocycles. The Morgan fingerprint density at radius 1 is 1.17 bits per heavy atom. The Bertz CT molecular complexity index is 1680. The topological polar surface area (TPSA) is 130 Å². The highest BCUT2D eigenvalue weighted by Gasteiger charge is 2.34. The average Bonchev–Trinajstić information content (AvgIpc) is 3.82. The van der Waals surface area contributed by atoms with Crippen molar-refractivity contribution in [3.63, 3.8) is 0 Å². The molecule has 2 aromatic rings. The van der Waals surface area contributed by atoms with Crippen LogP contribution in [-0.2, 0) is 19.1 Å². The SMILES string of the molecule is CC(C(=O)NC1=CC2N=C(c3cc4cc(C(C)C(C)CCC(=O)C5CCCN5C(=O)CN)ccc4[nH]3)OC2C=CC1)C1=CC=CCC1. The van der Waals surface area contributed by atoms with Gasteiger partial charge in [0.2, 0.25) is 17.7 Å². The fourth-order valence-corrected chi connectivity index (χ4v) is 7.15. The van der Waals surface area contributed by atoms with Crippen molar-refractivity contribution in [2.24, 2.45) is 22.6 Å². The first kappa shape index (κ1) is 32.7. The Hall–Kier alpha value is -4.24. The van der Waals surface area contributed by atoms with E-state index in [0.29, 0.717) is 25.3 Å². The monoisotopic (exact) mass is 637 g/mol. The lowest BCUT2D eigenvalue weighted by atomic mass is 9.84. The number of hydrogen-bond acceptors (Lipinski definition) is 6. The molecule has 1 aromatic heterocycles. The third-order valence-electron chi connectivity index (χ3n) is 10.4. The van der Waals surface area contributed by atoms with E-state index in [2.05, 4.69) is 60.6 Å². The van der Waals surface area contributed by atoms with Gasteiger partial charge in [0.25, 0.3) is 0 Å². The molecule has 2 amide bonds. The number of ketones is 1. The van der Waals surface area contributed by atoms with E-state index in [1.807, 2.05) is 31.2 Å². The van der Waals surface area contributed by atoms with Gasteiger partial charge >= 0.3 is 0 Å². The zero-order valence-corrected chi connectivity index (χ0v) is 27.7. The highest BCUT2D eigenvalue weighted by Crippen LogP contribution is 2.32. The quantitative estimate of drug-likeness (QED) is 0.277. The number of H-pyrrole nitrogens is 1. The molecule has 1 fully saturated rings. The Kier molecular flexibility index (Phi) is 9.92. The molecule has 4 aliphatic rings. The molecule has 0 spiro atoms. The molecule has 6 rings (SSSR count). The third-order valence-corrected chi connectivity index (χ3v) is 10.4. The van der Waals surface area contributed by atoms with E-state index >= 15 is 0 Å². The number of aromatic nitrogens is 1. The number of rotatable bonds is 11. The molecule has 3 heterocycles. The van der Waals surface area contributed by atoms with Crippen molar-refractivity contribution in [2.45, 2.75) is 89.8 Å². The summed E-state index contributed by atoms with van der Waals surface area (Å²) < 4.78 is 6.29. The number of nitrogens with zero attached hydrogens (tertiary/aromatic N) is 2. The lowest BCUT2D eigenvalue weighted by Crippen LogP contribution is -2.43. The minimum absolute atomic E-state index is 0.00814. The fourth-order valence-electron chi connectivity index (χ4n) is 7.15. The second-order valence-corrected chi connectivity index (χ2v) is 13.5. The number of likely N-dealkylation sites (tertiary alicyclic amines) is 1. The molecule has 6 unspecified atom stereocenters. The van der Waals surface area contributed by atoms with Crippen molar-refractivity contribution in [3.8, 4) is 0 Å². The van der Waals surface area contributed by atoms with Crippen LogP contribution in [0, 0.1) is 11.8 Å². The largest absolute Gasteiger partial charge is 0.466 e. The summed E-state index contributed by atoms with van der Waals surface area (Å²) in [5.41, 5.74) is 10.6. The maximum atomic E-state index is 13.0. The number of amides is 2. The summed E-state index contributed by atoms with van der Waals surface area (Å²) in [5, 5.41) is 4.22. The predicted octanol–water partition coefficient (Wildman–Crippen LogP) is 5.59. The summed E-state index contributed by atoms with van der Waals surface area (Å²) in [7, 11) is 0. The van der Waals surface area contributed by atoms with Crippen LogP contribution in [0.1, 0.15) is 82.9 Å². The molecule has 2 aliphatic carbocycles. The summed E-state index contributed by atoms with van der Waals surface area (Å²) in [4.78, 5) is 48.3.